The summed E-state index contributed by atoms with van der Waals surface area (Å²) in [7, 11) is 0. The molecule has 12 heteroatoms. The van der Waals surface area contributed by atoms with Gasteiger partial charge in [0.15, 0.2) is 6.10 Å². The highest BCUT2D eigenvalue weighted by Crippen LogP contribution is 2.33. The number of rotatable bonds is 6. The van der Waals surface area contributed by atoms with E-state index in [9.17, 15) is 14.4 Å². The number of anilines is 2. The van der Waals surface area contributed by atoms with E-state index in [0.717, 1.165) is 47.6 Å². The lowest BCUT2D eigenvalue weighted by Crippen LogP contribution is -2.52. The third-order valence-corrected chi connectivity index (χ3v) is 11.2. The molecule has 3 fully saturated rings. The second-order valence-corrected chi connectivity index (χ2v) is 14.0. The first-order valence-corrected chi connectivity index (χ1v) is 17.2. The number of nitrogens with zero attached hydrogens (tertiary/aromatic N) is 3. The Morgan fingerprint density at radius 1 is 1.05 bits per heavy atom. The minimum absolute atomic E-state index is 0.0330. The molecule has 0 saturated carbocycles. The van der Waals surface area contributed by atoms with Gasteiger partial charge in [-0.2, -0.15) is 0 Å². The zero-order chi connectivity index (χ0) is 30.8. The van der Waals surface area contributed by atoms with Crippen LogP contribution in [0, 0.1) is 18.8 Å². The summed E-state index contributed by atoms with van der Waals surface area (Å²) in [5.74, 6) is 1.20. The van der Waals surface area contributed by atoms with Crippen LogP contribution in [0.2, 0.25) is 5.02 Å². The molecule has 5 heterocycles. The molecule has 238 valence electrons. The summed E-state index contributed by atoms with van der Waals surface area (Å²) in [6, 6.07) is 5.66. The van der Waals surface area contributed by atoms with Crippen LogP contribution in [0.1, 0.15) is 55.2 Å². The number of ether oxygens (including phenoxy) is 1. The monoisotopic (exact) mass is 642 g/mol. The first-order valence-electron chi connectivity index (χ1n) is 15.9. The van der Waals surface area contributed by atoms with Crippen LogP contribution in [0.4, 0.5) is 20.3 Å². The van der Waals surface area contributed by atoms with Gasteiger partial charge in [0.25, 0.3) is 5.91 Å². The van der Waals surface area contributed by atoms with Crippen LogP contribution in [-0.2, 0) is 22.5 Å². The molecular weight excluding hydrogens is 600 g/mol. The van der Waals surface area contributed by atoms with E-state index in [1.54, 1.807) is 11.0 Å². The number of nitrogens with one attached hydrogen (secondary N) is 2. The summed E-state index contributed by atoms with van der Waals surface area (Å²) < 4.78 is 6.02. The zero-order valence-corrected chi connectivity index (χ0v) is 26.9. The number of carbonyl (C=O) groups is 3. The minimum Gasteiger partial charge on any atom is -0.436 e. The molecule has 0 bridgehead atoms. The Morgan fingerprint density at radius 2 is 1.73 bits per heavy atom. The number of fused-ring (bicyclic) bond motifs is 1. The molecule has 0 aliphatic carbocycles. The van der Waals surface area contributed by atoms with Gasteiger partial charge in [0.2, 0.25) is 0 Å². The van der Waals surface area contributed by atoms with Crippen LogP contribution in [0.5, 0.6) is 0 Å². The van der Waals surface area contributed by atoms with Crippen LogP contribution in [0.15, 0.2) is 23.6 Å². The fraction of sp³-hybridized carbons (Fsp3) is 0.594. The number of aryl methyl sites for hydroxylation is 1. The van der Waals surface area contributed by atoms with Crippen molar-refractivity contribution >= 4 is 51.7 Å². The molecule has 4 aliphatic heterocycles. The van der Waals surface area contributed by atoms with Gasteiger partial charge >= 0.3 is 12.1 Å². The summed E-state index contributed by atoms with van der Waals surface area (Å²) in [5, 5.41) is 9.76. The van der Waals surface area contributed by atoms with Crippen LogP contribution < -0.4 is 16.4 Å². The average Bonchev–Trinajstić information content (AvgIpc) is 3.50. The molecule has 1 aromatic carbocycles. The molecule has 3 saturated heterocycles. The Bertz CT molecular complexity index is 1340. The fourth-order valence-electron chi connectivity index (χ4n) is 7.29. The van der Waals surface area contributed by atoms with E-state index in [1.165, 1.54) is 24.2 Å². The molecule has 4 N–H and O–H groups in total. The Morgan fingerprint density at radius 3 is 2.43 bits per heavy atom. The number of amides is 4. The van der Waals surface area contributed by atoms with Gasteiger partial charge in [0.05, 0.1) is 17.3 Å². The molecule has 10 nitrogen and oxygen atoms in total. The van der Waals surface area contributed by atoms with Crippen molar-refractivity contribution in [1.29, 1.82) is 0 Å². The van der Waals surface area contributed by atoms with E-state index in [0.29, 0.717) is 68.1 Å². The van der Waals surface area contributed by atoms with E-state index in [-0.39, 0.29) is 24.4 Å². The van der Waals surface area contributed by atoms with Crippen molar-refractivity contribution in [3.05, 3.63) is 45.3 Å². The lowest BCUT2D eigenvalue weighted by molar-refractivity contribution is -0.142. The third kappa shape index (κ3) is 6.79. The van der Waals surface area contributed by atoms with E-state index in [4.69, 9.17) is 22.1 Å². The lowest BCUT2D eigenvalue weighted by atomic mass is 9.79. The van der Waals surface area contributed by atoms with Gasteiger partial charge in [0, 0.05) is 44.2 Å². The van der Waals surface area contributed by atoms with Gasteiger partial charge in [0.1, 0.15) is 5.00 Å². The largest absolute Gasteiger partial charge is 0.436 e. The topological polar surface area (TPSA) is 120 Å². The molecule has 0 radical (unpaired) electrons. The van der Waals surface area contributed by atoms with Crippen molar-refractivity contribution in [3.63, 3.8) is 0 Å². The van der Waals surface area contributed by atoms with Crippen molar-refractivity contribution in [2.24, 2.45) is 11.8 Å². The highest BCUT2D eigenvalue weighted by molar-refractivity contribution is 7.14. The van der Waals surface area contributed by atoms with Gasteiger partial charge in [-0.05, 0) is 99.0 Å². The smallest absolute Gasteiger partial charge is 0.410 e. The number of nitrogens with two attached hydrogens (primary N) is 1. The molecule has 0 spiro atoms. The standard InChI is InChI=1S/C32H43ClN6O4S/c1-20-16-21(17-26(33)28(20)34)18-27(30(40)37-11-4-23(5-12-37)22-2-9-35-10-3-22)43-32(42)38-13-6-25(7-14-38)39-19-24-8-15-44-29(24)36-31(39)41/h8,15-17,22-23,25,27,35H,2-7,9-14,18-19,34H2,1H3,(H,36,41)/t27-/m1/s1. The number of piperidine rings is 3. The SMILES string of the molecule is Cc1cc(C[C@@H](OC(=O)N2CCC(N3Cc4ccsc4NC3=O)CC2)C(=O)N2CCC(C3CCNCC3)CC2)cc(Cl)c1N. The third-order valence-electron chi connectivity index (χ3n) is 9.97. The summed E-state index contributed by atoms with van der Waals surface area (Å²) in [6.07, 6.45) is 4.44. The fourth-order valence-corrected chi connectivity index (χ4v) is 8.38. The number of likely N-dealkylation sites (tertiary alicyclic amines) is 2. The Balaban J connectivity index is 1.09. The molecule has 2 aromatic rings. The van der Waals surface area contributed by atoms with E-state index in [2.05, 4.69) is 10.6 Å². The van der Waals surface area contributed by atoms with Crippen LogP contribution >= 0.6 is 22.9 Å². The molecule has 6 rings (SSSR count). The predicted octanol–water partition coefficient (Wildman–Crippen LogP) is 5.09. The zero-order valence-electron chi connectivity index (χ0n) is 25.4. The summed E-state index contributed by atoms with van der Waals surface area (Å²) >= 11 is 7.92. The summed E-state index contributed by atoms with van der Waals surface area (Å²) in [4.78, 5) is 45.6. The van der Waals surface area contributed by atoms with Gasteiger partial charge in [-0.15, -0.1) is 11.3 Å². The van der Waals surface area contributed by atoms with Crippen LogP contribution in [-0.4, -0.2) is 84.1 Å². The number of nitrogen functional groups attached to an aromatic ring is 1. The molecule has 1 aromatic heterocycles. The van der Waals surface area contributed by atoms with Crippen LogP contribution in [0.3, 0.4) is 0 Å². The quantitative estimate of drug-likeness (QED) is 0.378. The number of hydrogen-bond acceptors (Lipinski definition) is 7. The van der Waals surface area contributed by atoms with Crippen molar-refractivity contribution in [2.75, 3.05) is 50.3 Å². The minimum atomic E-state index is -0.959. The van der Waals surface area contributed by atoms with Gasteiger partial charge < -0.3 is 30.5 Å². The highest BCUT2D eigenvalue weighted by atomic mass is 35.5. The summed E-state index contributed by atoms with van der Waals surface area (Å²) in [6.45, 7) is 6.88. The van der Waals surface area contributed by atoms with Crippen molar-refractivity contribution in [2.45, 2.75) is 70.6 Å². The molecule has 4 aliphatic rings. The maximum atomic E-state index is 13.9. The van der Waals surface area contributed by atoms with E-state index < -0.39 is 12.2 Å². The van der Waals surface area contributed by atoms with E-state index in [1.807, 2.05) is 34.2 Å². The first-order chi connectivity index (χ1) is 21.3. The van der Waals surface area contributed by atoms with Crippen molar-refractivity contribution in [1.82, 2.24) is 20.0 Å². The maximum Gasteiger partial charge on any atom is 0.410 e. The molecule has 1 atom stereocenters. The average molecular weight is 643 g/mol. The Labute approximate surface area is 268 Å². The number of thiophene rings is 1. The van der Waals surface area contributed by atoms with Crippen molar-refractivity contribution < 1.29 is 19.1 Å². The predicted molar refractivity (Wildman–Crippen MR) is 173 cm³/mol. The number of hydrogen-bond donors (Lipinski definition) is 3. The molecular formula is C32H43ClN6O4S. The highest BCUT2D eigenvalue weighted by Gasteiger charge is 2.37. The number of halogens is 1. The molecule has 0 unspecified atom stereocenters. The Kier molecular flexibility index (Phi) is 9.53. The van der Waals surface area contributed by atoms with Gasteiger partial charge in [-0.3, -0.25) is 10.1 Å². The lowest BCUT2D eigenvalue weighted by Gasteiger charge is -2.40. The van der Waals surface area contributed by atoms with Gasteiger partial charge in [-0.1, -0.05) is 17.7 Å². The maximum absolute atomic E-state index is 13.9. The summed E-state index contributed by atoms with van der Waals surface area (Å²) in [5.41, 5.74) is 9.33. The normalized spacial score (nSPS) is 21.1. The molecule has 4 amide bonds. The first kappa shape index (κ1) is 31.0. The van der Waals surface area contributed by atoms with E-state index >= 15 is 0 Å². The molecule has 44 heavy (non-hydrogen) atoms. The van der Waals surface area contributed by atoms with Crippen molar-refractivity contribution in [3.8, 4) is 0 Å². The Hall–Kier alpha value is -3.02. The second kappa shape index (κ2) is 13.5. The van der Waals surface area contributed by atoms with Crippen LogP contribution in [0.25, 0.3) is 0 Å². The number of benzene rings is 1. The number of urea groups is 1. The second-order valence-electron chi connectivity index (χ2n) is 12.7. The number of carbonyl (C=O) groups excluding carboxylic acids is 3. The van der Waals surface area contributed by atoms with Gasteiger partial charge in [-0.25, -0.2) is 9.59 Å².